The van der Waals surface area contributed by atoms with E-state index in [0.29, 0.717) is 13.0 Å². The van der Waals surface area contributed by atoms with Crippen LogP contribution >= 0.6 is 0 Å². The minimum absolute atomic E-state index is 0.291. The molecule has 0 saturated carbocycles. The van der Waals surface area contributed by atoms with Crippen LogP contribution in [0.3, 0.4) is 0 Å². The fourth-order valence-electron chi connectivity index (χ4n) is 1.83. The number of nitrogens with zero attached hydrogens (tertiary/aromatic N) is 1. The average molecular weight is 226 g/mol. The second-order valence-electron chi connectivity index (χ2n) is 4.24. The minimum Gasteiger partial charge on any atom is -0.277 e. The number of carbonyl (C=O) groups is 3. The van der Waals surface area contributed by atoms with E-state index in [2.05, 4.69) is 5.32 Å². The van der Waals surface area contributed by atoms with Crippen molar-refractivity contribution < 1.29 is 14.4 Å². The Balaban J connectivity index is 2.94. The zero-order chi connectivity index (χ0) is 12.3. The van der Waals surface area contributed by atoms with Gasteiger partial charge < -0.3 is 0 Å². The summed E-state index contributed by atoms with van der Waals surface area (Å²) in [6, 6.07) is -0.605. The van der Waals surface area contributed by atoms with Crippen molar-refractivity contribution in [1.29, 1.82) is 0 Å². The number of unbranched alkanes of at least 4 members (excludes halogenated alkanes) is 1. The number of rotatable bonds is 4. The highest BCUT2D eigenvalue weighted by molar-refractivity contribution is 6.18. The Morgan fingerprint density at radius 3 is 2.38 bits per heavy atom. The molecule has 1 aliphatic rings. The summed E-state index contributed by atoms with van der Waals surface area (Å²) in [6.07, 6.45) is 2.19. The largest absolute Gasteiger partial charge is 0.330 e. The van der Waals surface area contributed by atoms with Gasteiger partial charge in [0.1, 0.15) is 5.41 Å². The maximum atomic E-state index is 12.0. The van der Waals surface area contributed by atoms with E-state index in [4.69, 9.17) is 0 Å². The van der Waals surface area contributed by atoms with Gasteiger partial charge in [-0.2, -0.15) is 0 Å². The van der Waals surface area contributed by atoms with Gasteiger partial charge in [-0.25, -0.2) is 4.79 Å². The van der Waals surface area contributed by atoms with Crippen LogP contribution in [-0.4, -0.2) is 29.3 Å². The summed E-state index contributed by atoms with van der Waals surface area (Å²) >= 11 is 0. The van der Waals surface area contributed by atoms with E-state index in [-0.39, 0.29) is 5.91 Å². The highest BCUT2D eigenvalue weighted by Crippen LogP contribution is 2.30. The third-order valence-electron chi connectivity index (χ3n) is 3.03. The quantitative estimate of drug-likeness (QED) is 0.734. The van der Waals surface area contributed by atoms with E-state index < -0.39 is 17.4 Å². The minimum atomic E-state index is -1.08. The predicted molar refractivity (Wildman–Crippen MR) is 58.6 cm³/mol. The van der Waals surface area contributed by atoms with Crippen LogP contribution in [-0.2, 0) is 9.59 Å². The van der Waals surface area contributed by atoms with Crippen LogP contribution in [0.15, 0.2) is 0 Å². The molecule has 5 heteroatoms. The first kappa shape index (κ1) is 12.7. The number of hydrogen-bond acceptors (Lipinski definition) is 3. The van der Waals surface area contributed by atoms with Gasteiger partial charge in [0.25, 0.3) is 0 Å². The Bertz CT molecular complexity index is 327. The molecule has 1 unspecified atom stereocenters. The lowest BCUT2D eigenvalue weighted by atomic mass is 9.81. The van der Waals surface area contributed by atoms with Gasteiger partial charge in [0, 0.05) is 6.54 Å². The normalized spacial score (nSPS) is 25.9. The van der Waals surface area contributed by atoms with Crippen LogP contribution in [0.5, 0.6) is 0 Å². The van der Waals surface area contributed by atoms with Gasteiger partial charge >= 0.3 is 6.03 Å². The van der Waals surface area contributed by atoms with Crippen molar-refractivity contribution >= 4 is 17.8 Å². The predicted octanol–water partition coefficient (Wildman–Crippen LogP) is 1.28. The number of nitrogens with one attached hydrogen (secondary N) is 1. The fraction of sp³-hybridized carbons (Fsp3) is 0.727. The second-order valence-corrected chi connectivity index (χ2v) is 4.24. The van der Waals surface area contributed by atoms with Crippen LogP contribution in [0, 0.1) is 5.41 Å². The van der Waals surface area contributed by atoms with E-state index in [1.165, 1.54) is 0 Å². The molecule has 0 aromatic carbocycles. The smallest absolute Gasteiger partial charge is 0.277 e. The van der Waals surface area contributed by atoms with E-state index in [9.17, 15) is 14.4 Å². The molecule has 1 atom stereocenters. The molecule has 0 spiro atoms. The Morgan fingerprint density at radius 2 is 1.88 bits per heavy atom. The molecular formula is C11H18N2O3. The number of imide groups is 2. The van der Waals surface area contributed by atoms with Crippen LogP contribution < -0.4 is 5.32 Å². The third-order valence-corrected chi connectivity index (χ3v) is 3.03. The number of carbonyl (C=O) groups excluding carboxylic acids is 3. The molecule has 90 valence electrons. The molecule has 0 radical (unpaired) electrons. The lowest BCUT2D eigenvalue weighted by Crippen LogP contribution is -2.62. The summed E-state index contributed by atoms with van der Waals surface area (Å²) in [6.45, 7) is 5.61. The monoisotopic (exact) mass is 226 g/mol. The topological polar surface area (TPSA) is 66.5 Å². The summed E-state index contributed by atoms with van der Waals surface area (Å²) in [4.78, 5) is 36.2. The Kier molecular flexibility index (Phi) is 3.67. The van der Waals surface area contributed by atoms with Crippen molar-refractivity contribution in [3.8, 4) is 0 Å². The van der Waals surface area contributed by atoms with E-state index in [1.54, 1.807) is 13.8 Å². The molecule has 4 amide bonds. The standard InChI is InChI=1S/C11H18N2O3/c1-4-6-7-11(3)8(14)12-10(16)13(5-2)9(11)15/h4-7H2,1-3H3,(H,12,14,16). The third kappa shape index (κ3) is 1.94. The molecule has 5 nitrogen and oxygen atoms in total. The number of urea groups is 1. The summed E-state index contributed by atoms with van der Waals surface area (Å²) in [5.74, 6) is -0.849. The van der Waals surface area contributed by atoms with Crippen molar-refractivity contribution in [2.45, 2.75) is 40.0 Å². The van der Waals surface area contributed by atoms with Gasteiger partial charge in [-0.3, -0.25) is 19.8 Å². The van der Waals surface area contributed by atoms with Crippen molar-refractivity contribution in [2.24, 2.45) is 5.41 Å². The molecule has 1 aliphatic heterocycles. The molecule has 1 fully saturated rings. The molecule has 1 N–H and O–H groups in total. The first-order valence-electron chi connectivity index (χ1n) is 5.64. The van der Waals surface area contributed by atoms with Gasteiger partial charge in [0.15, 0.2) is 0 Å². The Hall–Kier alpha value is -1.39. The van der Waals surface area contributed by atoms with E-state index in [1.807, 2.05) is 6.92 Å². The summed E-state index contributed by atoms with van der Waals surface area (Å²) in [7, 11) is 0. The number of amides is 4. The summed E-state index contributed by atoms with van der Waals surface area (Å²) in [5.41, 5.74) is -1.08. The number of hydrogen-bond donors (Lipinski definition) is 1. The van der Waals surface area contributed by atoms with Crippen LogP contribution in [0.4, 0.5) is 4.79 Å². The van der Waals surface area contributed by atoms with Crippen molar-refractivity contribution in [3.05, 3.63) is 0 Å². The van der Waals surface area contributed by atoms with Crippen molar-refractivity contribution in [3.63, 3.8) is 0 Å². The zero-order valence-corrected chi connectivity index (χ0v) is 10.0. The highest BCUT2D eigenvalue weighted by Gasteiger charge is 2.49. The zero-order valence-electron chi connectivity index (χ0n) is 10.0. The molecule has 16 heavy (non-hydrogen) atoms. The maximum absolute atomic E-state index is 12.0. The van der Waals surface area contributed by atoms with Crippen molar-refractivity contribution in [1.82, 2.24) is 10.2 Å². The lowest BCUT2D eigenvalue weighted by Gasteiger charge is -2.36. The van der Waals surface area contributed by atoms with E-state index >= 15 is 0 Å². The Labute approximate surface area is 95.2 Å². The SMILES string of the molecule is CCCCC1(C)C(=O)NC(=O)N(CC)C1=O. The fourth-order valence-corrected chi connectivity index (χ4v) is 1.83. The van der Waals surface area contributed by atoms with E-state index in [0.717, 1.165) is 17.7 Å². The first-order valence-corrected chi connectivity index (χ1v) is 5.64. The van der Waals surface area contributed by atoms with Crippen LogP contribution in [0.2, 0.25) is 0 Å². The highest BCUT2D eigenvalue weighted by atomic mass is 16.2. The number of barbiturate groups is 1. The van der Waals surface area contributed by atoms with Crippen LogP contribution in [0.1, 0.15) is 40.0 Å². The summed E-state index contributed by atoms with van der Waals surface area (Å²) in [5, 5.41) is 2.24. The second kappa shape index (κ2) is 4.63. The van der Waals surface area contributed by atoms with Gasteiger partial charge in [-0.15, -0.1) is 0 Å². The maximum Gasteiger partial charge on any atom is 0.330 e. The molecule has 0 aromatic rings. The lowest BCUT2D eigenvalue weighted by molar-refractivity contribution is -0.150. The molecule has 0 aromatic heterocycles. The van der Waals surface area contributed by atoms with Gasteiger partial charge in [0.05, 0.1) is 0 Å². The molecule has 1 heterocycles. The molecular weight excluding hydrogens is 208 g/mol. The van der Waals surface area contributed by atoms with Gasteiger partial charge in [-0.1, -0.05) is 19.8 Å². The molecule has 1 saturated heterocycles. The molecule has 1 rings (SSSR count). The Morgan fingerprint density at radius 1 is 1.25 bits per heavy atom. The van der Waals surface area contributed by atoms with Gasteiger partial charge in [0.2, 0.25) is 11.8 Å². The van der Waals surface area contributed by atoms with Crippen LogP contribution in [0.25, 0.3) is 0 Å². The average Bonchev–Trinajstić information content (AvgIpc) is 2.24. The van der Waals surface area contributed by atoms with Crippen molar-refractivity contribution in [2.75, 3.05) is 6.54 Å². The molecule has 0 bridgehead atoms. The molecule has 0 aliphatic carbocycles. The summed E-state index contributed by atoms with van der Waals surface area (Å²) < 4.78 is 0. The van der Waals surface area contributed by atoms with Gasteiger partial charge in [-0.05, 0) is 20.3 Å². The first-order chi connectivity index (χ1) is 7.47.